The highest BCUT2D eigenvalue weighted by Crippen LogP contribution is 2.56. The number of carbonyl (C=O) groups excluding carboxylic acids is 3. The van der Waals surface area contributed by atoms with E-state index in [2.05, 4.69) is 20.9 Å². The molecule has 1 fully saturated rings. The lowest BCUT2D eigenvalue weighted by atomic mass is 9.54. The van der Waals surface area contributed by atoms with Crippen molar-refractivity contribution in [3.63, 3.8) is 0 Å². The largest absolute Gasteiger partial charge is 0.508 e. The van der Waals surface area contributed by atoms with E-state index in [1.54, 1.807) is 37.3 Å². The monoisotopic (exact) mass is 741 g/mol. The summed E-state index contributed by atoms with van der Waals surface area (Å²) >= 11 is 5.48. The third kappa shape index (κ3) is 6.08. The topological polar surface area (TPSA) is 234 Å². The maximum atomic E-state index is 14.2. The van der Waals surface area contributed by atoms with E-state index >= 15 is 0 Å². The molecule has 1 saturated carbocycles. The van der Waals surface area contributed by atoms with Crippen LogP contribution in [-0.4, -0.2) is 99.0 Å². The first-order valence-electron chi connectivity index (χ1n) is 16.5. The van der Waals surface area contributed by atoms with E-state index in [9.17, 15) is 39.9 Å². The highest BCUT2D eigenvalue weighted by Gasteiger charge is 2.68. The predicted molar refractivity (Wildman–Crippen MR) is 202 cm³/mol. The van der Waals surface area contributed by atoms with E-state index in [4.69, 9.17) is 18.0 Å². The van der Waals surface area contributed by atoms with Crippen molar-refractivity contribution in [1.29, 1.82) is 0 Å². The molecule has 6 rings (SSSR count). The van der Waals surface area contributed by atoms with Gasteiger partial charge < -0.3 is 46.8 Å². The number of ketones is 2. The van der Waals surface area contributed by atoms with E-state index in [1.165, 1.54) is 25.1 Å². The van der Waals surface area contributed by atoms with Crippen LogP contribution in [0.25, 0.3) is 5.76 Å². The van der Waals surface area contributed by atoms with Gasteiger partial charge in [0.25, 0.3) is 5.91 Å². The minimum Gasteiger partial charge on any atom is -0.508 e. The number of amides is 1. The lowest BCUT2D eigenvalue weighted by Gasteiger charge is -2.53. The first-order chi connectivity index (χ1) is 25.0. The van der Waals surface area contributed by atoms with Crippen molar-refractivity contribution in [3.05, 3.63) is 88.7 Å². The Bertz CT molecular complexity index is 2130. The molecule has 15 nitrogen and oxygen atoms in total. The second-order valence-electron chi connectivity index (χ2n) is 13.7. The number of likely N-dealkylation sites (N-methyl/N-ethyl adjacent to an activating group) is 1. The average molecular weight is 742 g/mol. The molecule has 0 spiro atoms. The van der Waals surface area contributed by atoms with Crippen molar-refractivity contribution in [2.45, 2.75) is 30.6 Å². The number of primary amides is 1. The Kier molecular flexibility index (Phi) is 9.59. The van der Waals surface area contributed by atoms with Gasteiger partial charge in [0, 0.05) is 37.0 Å². The number of carbonyl (C=O) groups is 3. The van der Waals surface area contributed by atoms with Crippen LogP contribution in [0.3, 0.4) is 0 Å². The van der Waals surface area contributed by atoms with E-state index in [0.29, 0.717) is 22.6 Å². The van der Waals surface area contributed by atoms with Gasteiger partial charge in [0.2, 0.25) is 5.78 Å². The van der Waals surface area contributed by atoms with E-state index in [0.717, 1.165) is 5.69 Å². The number of thiocarbonyl (C=S) groups is 1. The second kappa shape index (κ2) is 13.7. The highest BCUT2D eigenvalue weighted by molar-refractivity contribution is 7.80. The van der Waals surface area contributed by atoms with Gasteiger partial charge in [-0.1, -0.05) is 13.0 Å². The van der Waals surface area contributed by atoms with E-state index in [1.807, 2.05) is 43.3 Å². The summed E-state index contributed by atoms with van der Waals surface area (Å²) in [6, 6.07) is 16.2. The highest BCUT2D eigenvalue weighted by atomic mass is 32.1. The molecular weight excluding hydrogens is 703 g/mol. The Hall–Kier alpha value is -5.68. The van der Waals surface area contributed by atoms with Crippen LogP contribution in [0.4, 0.5) is 28.4 Å². The van der Waals surface area contributed by atoms with Gasteiger partial charge in [-0.3, -0.25) is 19.3 Å². The number of nitrogens with two attached hydrogens (primary N) is 1. The third-order valence-electron chi connectivity index (χ3n) is 10.1. The van der Waals surface area contributed by atoms with Gasteiger partial charge in [-0.05, 0) is 92.4 Å². The molecule has 0 saturated heterocycles. The molecule has 3 aromatic carbocycles. The molecule has 3 aliphatic carbocycles. The van der Waals surface area contributed by atoms with Crippen molar-refractivity contribution >= 4 is 69.0 Å². The lowest BCUT2D eigenvalue weighted by Crippen LogP contribution is -2.70. The van der Waals surface area contributed by atoms with Crippen LogP contribution in [0.1, 0.15) is 24.0 Å². The van der Waals surface area contributed by atoms with Crippen molar-refractivity contribution in [1.82, 2.24) is 4.90 Å². The third-order valence-corrected chi connectivity index (χ3v) is 10.4. The number of hydrogen-bond donors (Lipinski definition) is 8. The van der Waals surface area contributed by atoms with E-state index < -0.39 is 81.4 Å². The Morgan fingerprint density at radius 3 is 2.04 bits per heavy atom. The summed E-state index contributed by atoms with van der Waals surface area (Å²) in [7, 11) is 6.80. The molecule has 0 heterocycles. The maximum absolute atomic E-state index is 14.2. The Labute approximate surface area is 309 Å². The fourth-order valence-corrected chi connectivity index (χ4v) is 7.77. The number of phenolic OH excluding ortho intramolecular Hbond substituents is 1. The van der Waals surface area contributed by atoms with Crippen LogP contribution in [0, 0.1) is 11.8 Å². The van der Waals surface area contributed by atoms with Gasteiger partial charge in [-0.2, -0.15) is 10.2 Å². The molecule has 0 aliphatic heterocycles. The number of aliphatic hydroxyl groups excluding tert-OH is 3. The zero-order chi connectivity index (χ0) is 38.7. The molecule has 0 bridgehead atoms. The van der Waals surface area contributed by atoms with Crippen LogP contribution in [0.2, 0.25) is 0 Å². The fraction of sp³-hybridized carbons (Fsp3) is 0.297. The molecule has 6 atom stereocenters. The Morgan fingerprint density at radius 2 is 1.49 bits per heavy atom. The van der Waals surface area contributed by atoms with Crippen LogP contribution in [0.5, 0.6) is 5.75 Å². The number of hydrogen-bond acceptors (Lipinski definition) is 13. The average Bonchev–Trinajstić information content (AvgIpc) is 3.10. The van der Waals surface area contributed by atoms with Crippen molar-refractivity contribution in [3.8, 4) is 5.75 Å². The first kappa shape index (κ1) is 37.1. The SMILES string of the molecule is CC1c2ccc(NC(=S)Nc3ccc(N=Nc4ccc(N(C)C)cc4)cc3)c(O)c2C(O)=C2C(=O)C3(O)C(O)=C(C(N)=O)C(=O)C(N(C)C)C3C(O)C21. The summed E-state index contributed by atoms with van der Waals surface area (Å²) in [5.74, 6) is -9.71. The van der Waals surface area contributed by atoms with Gasteiger partial charge in [-0.25, -0.2) is 0 Å². The molecule has 6 unspecified atom stereocenters. The predicted octanol–water partition coefficient (Wildman–Crippen LogP) is 3.79. The molecule has 3 aliphatic rings. The summed E-state index contributed by atoms with van der Waals surface area (Å²) in [6.07, 6.45) is -1.69. The molecule has 3 aromatic rings. The standard InChI is InChI=1S/C37H39N7O8S/c1-16-21-14-15-22(40-36(53)39-17-6-8-18(9-7-17)41-42-19-10-12-20(13-11-19)43(2)3)29(45)24(21)30(46)25-23(16)31(47)27-28(44(4)5)32(48)26(35(38)51)34(50)37(27,52)33(25)49/h6-16,23,27-28,31,45-47,50,52H,1-5H3,(H2,38,51)(H2,39,40,53). The molecule has 0 aromatic heterocycles. The number of phenols is 1. The first-order valence-corrected chi connectivity index (χ1v) is 17.0. The van der Waals surface area contributed by atoms with E-state index in [-0.39, 0.29) is 16.4 Å². The number of nitrogens with one attached hydrogen (secondary N) is 2. The smallest absolute Gasteiger partial charge is 0.255 e. The molecule has 9 N–H and O–H groups in total. The molecule has 276 valence electrons. The molecule has 0 radical (unpaired) electrons. The Balaban J connectivity index is 1.26. The number of fused-ring (bicyclic) bond motifs is 3. The number of Topliss-reactive ketones (excluding diaryl/α,β-unsaturated/α-hetero) is 2. The van der Waals surface area contributed by atoms with Gasteiger partial charge in [0.1, 0.15) is 22.8 Å². The summed E-state index contributed by atoms with van der Waals surface area (Å²) in [6.45, 7) is 1.65. The number of aliphatic hydroxyl groups is 4. The van der Waals surface area contributed by atoms with Gasteiger partial charge in [-0.15, -0.1) is 0 Å². The van der Waals surface area contributed by atoms with Crippen LogP contribution in [-0.2, 0) is 14.4 Å². The van der Waals surface area contributed by atoms with Gasteiger partial charge >= 0.3 is 0 Å². The molecule has 1 amide bonds. The molecule has 53 heavy (non-hydrogen) atoms. The minimum atomic E-state index is -3.00. The van der Waals surface area contributed by atoms with Crippen LogP contribution >= 0.6 is 12.2 Å². The van der Waals surface area contributed by atoms with Crippen molar-refractivity contribution < 1.29 is 39.9 Å². The Morgan fingerprint density at radius 1 is 0.906 bits per heavy atom. The molecular formula is C37H39N7O8S. The lowest BCUT2D eigenvalue weighted by molar-refractivity contribution is -0.169. The summed E-state index contributed by atoms with van der Waals surface area (Å²) in [4.78, 5) is 43.1. The van der Waals surface area contributed by atoms with Crippen LogP contribution in [0.15, 0.2) is 87.8 Å². The van der Waals surface area contributed by atoms with Gasteiger partial charge in [0.15, 0.2) is 16.5 Å². The summed E-state index contributed by atoms with van der Waals surface area (Å²) in [5.41, 5.74) is 4.07. The normalized spacial score (nSPS) is 25.2. The quantitative estimate of drug-likeness (QED) is 0.0746. The number of aromatic hydroxyl groups is 1. The maximum Gasteiger partial charge on any atom is 0.255 e. The zero-order valence-electron chi connectivity index (χ0n) is 29.4. The van der Waals surface area contributed by atoms with Gasteiger partial charge in [0.05, 0.1) is 40.7 Å². The number of anilines is 3. The fourth-order valence-electron chi connectivity index (χ4n) is 7.55. The number of rotatable bonds is 7. The number of nitrogens with zero attached hydrogens (tertiary/aromatic N) is 4. The second-order valence-corrected chi connectivity index (χ2v) is 14.1. The minimum absolute atomic E-state index is 0.0554. The van der Waals surface area contributed by atoms with Crippen molar-refractivity contribution in [2.24, 2.45) is 27.8 Å². The summed E-state index contributed by atoms with van der Waals surface area (Å²) in [5, 5.41) is 72.3. The number of benzene rings is 3. The molecule has 16 heteroatoms. The van der Waals surface area contributed by atoms with Crippen LogP contribution < -0.4 is 21.3 Å². The zero-order valence-corrected chi connectivity index (χ0v) is 30.2. The summed E-state index contributed by atoms with van der Waals surface area (Å²) < 4.78 is 0. The van der Waals surface area contributed by atoms with Crippen molar-refractivity contribution in [2.75, 3.05) is 43.7 Å². The number of azo groups is 1.